The SMILES string of the molecule is Cc1ccncc1NC(=O)C1CCCC(C(=O)O)C1. The molecule has 1 amide bonds. The minimum absolute atomic E-state index is 0.0953. The van der Waals surface area contributed by atoms with Crippen molar-refractivity contribution in [3.63, 3.8) is 0 Å². The van der Waals surface area contributed by atoms with E-state index in [9.17, 15) is 9.59 Å². The molecule has 2 unspecified atom stereocenters. The lowest BCUT2D eigenvalue weighted by Crippen LogP contribution is -2.31. The molecule has 2 atom stereocenters. The van der Waals surface area contributed by atoms with Crippen LogP contribution in [0.1, 0.15) is 31.2 Å². The molecular weight excluding hydrogens is 244 g/mol. The molecule has 2 rings (SSSR count). The first kappa shape index (κ1) is 13.5. The summed E-state index contributed by atoms with van der Waals surface area (Å²) in [5.74, 6) is -1.49. The Balaban J connectivity index is 2.00. The van der Waals surface area contributed by atoms with Crippen LogP contribution < -0.4 is 5.32 Å². The van der Waals surface area contributed by atoms with Crippen molar-refractivity contribution in [1.29, 1.82) is 0 Å². The zero-order valence-electron chi connectivity index (χ0n) is 10.9. The van der Waals surface area contributed by atoms with Crippen LogP contribution in [0, 0.1) is 18.8 Å². The monoisotopic (exact) mass is 262 g/mol. The molecule has 0 bridgehead atoms. The Hall–Kier alpha value is -1.91. The van der Waals surface area contributed by atoms with Gasteiger partial charge in [0.25, 0.3) is 0 Å². The van der Waals surface area contributed by atoms with Gasteiger partial charge in [-0.05, 0) is 37.8 Å². The zero-order chi connectivity index (χ0) is 13.8. The Labute approximate surface area is 112 Å². The fourth-order valence-electron chi connectivity index (χ4n) is 2.48. The summed E-state index contributed by atoms with van der Waals surface area (Å²) in [6, 6.07) is 1.83. The minimum atomic E-state index is -0.796. The van der Waals surface area contributed by atoms with E-state index < -0.39 is 5.97 Å². The highest BCUT2D eigenvalue weighted by atomic mass is 16.4. The van der Waals surface area contributed by atoms with E-state index >= 15 is 0 Å². The smallest absolute Gasteiger partial charge is 0.306 e. The topological polar surface area (TPSA) is 79.3 Å². The van der Waals surface area contributed by atoms with Crippen LogP contribution in [0.25, 0.3) is 0 Å². The van der Waals surface area contributed by atoms with Gasteiger partial charge in [-0.2, -0.15) is 0 Å². The van der Waals surface area contributed by atoms with Crippen LogP contribution in [0.5, 0.6) is 0 Å². The Morgan fingerprint density at radius 3 is 2.79 bits per heavy atom. The Morgan fingerprint density at radius 2 is 2.11 bits per heavy atom. The van der Waals surface area contributed by atoms with E-state index in [-0.39, 0.29) is 17.7 Å². The standard InChI is InChI=1S/C14H18N2O3/c1-9-5-6-15-8-12(9)16-13(17)10-3-2-4-11(7-10)14(18)19/h5-6,8,10-11H,2-4,7H2,1H3,(H,16,17)(H,18,19). The molecule has 1 aliphatic carbocycles. The summed E-state index contributed by atoms with van der Waals surface area (Å²) >= 11 is 0. The number of pyridine rings is 1. The molecule has 5 heteroatoms. The summed E-state index contributed by atoms with van der Waals surface area (Å²) in [6.45, 7) is 1.90. The molecular formula is C14H18N2O3. The molecule has 1 fully saturated rings. The first-order chi connectivity index (χ1) is 9.08. The first-order valence-corrected chi connectivity index (χ1v) is 6.52. The van der Waals surface area contributed by atoms with E-state index in [0.717, 1.165) is 18.4 Å². The van der Waals surface area contributed by atoms with Crippen molar-refractivity contribution < 1.29 is 14.7 Å². The van der Waals surface area contributed by atoms with Gasteiger partial charge in [-0.25, -0.2) is 0 Å². The molecule has 1 aliphatic rings. The third kappa shape index (κ3) is 3.30. The van der Waals surface area contributed by atoms with Gasteiger partial charge < -0.3 is 10.4 Å². The second-order valence-corrected chi connectivity index (χ2v) is 5.08. The number of anilines is 1. The van der Waals surface area contributed by atoms with Crippen LogP contribution in [-0.2, 0) is 9.59 Å². The average molecular weight is 262 g/mol. The molecule has 0 aromatic carbocycles. The Morgan fingerprint density at radius 1 is 1.37 bits per heavy atom. The van der Waals surface area contributed by atoms with E-state index in [1.165, 1.54) is 0 Å². The van der Waals surface area contributed by atoms with Crippen LogP contribution >= 0.6 is 0 Å². The normalized spacial score (nSPS) is 22.8. The number of hydrogen-bond donors (Lipinski definition) is 2. The molecule has 19 heavy (non-hydrogen) atoms. The molecule has 0 spiro atoms. The fourth-order valence-corrected chi connectivity index (χ4v) is 2.48. The van der Waals surface area contributed by atoms with E-state index in [4.69, 9.17) is 5.11 Å². The van der Waals surface area contributed by atoms with Crippen molar-refractivity contribution in [2.45, 2.75) is 32.6 Å². The lowest BCUT2D eigenvalue weighted by Gasteiger charge is -2.25. The second-order valence-electron chi connectivity index (χ2n) is 5.08. The molecule has 2 N–H and O–H groups in total. The lowest BCUT2D eigenvalue weighted by atomic mass is 9.81. The highest BCUT2D eigenvalue weighted by Crippen LogP contribution is 2.30. The van der Waals surface area contributed by atoms with E-state index in [1.807, 2.05) is 13.0 Å². The number of carboxylic acid groups (broad SMARTS) is 1. The van der Waals surface area contributed by atoms with Gasteiger partial charge >= 0.3 is 5.97 Å². The number of carbonyl (C=O) groups is 2. The quantitative estimate of drug-likeness (QED) is 0.875. The number of amides is 1. The van der Waals surface area contributed by atoms with Crippen LogP contribution in [-0.4, -0.2) is 22.0 Å². The Kier molecular flexibility index (Phi) is 4.14. The average Bonchev–Trinajstić information content (AvgIpc) is 2.41. The summed E-state index contributed by atoms with van der Waals surface area (Å²) in [6.07, 6.45) is 5.94. The number of nitrogens with zero attached hydrogens (tertiary/aromatic N) is 1. The number of aryl methyl sites for hydroxylation is 1. The number of hydrogen-bond acceptors (Lipinski definition) is 3. The predicted molar refractivity (Wildman–Crippen MR) is 70.7 cm³/mol. The van der Waals surface area contributed by atoms with Crippen LogP contribution in [0.15, 0.2) is 18.5 Å². The van der Waals surface area contributed by atoms with Gasteiger partial charge in [-0.1, -0.05) is 6.42 Å². The zero-order valence-corrected chi connectivity index (χ0v) is 10.9. The first-order valence-electron chi connectivity index (χ1n) is 6.52. The molecule has 0 saturated heterocycles. The van der Waals surface area contributed by atoms with Crippen molar-refractivity contribution in [2.24, 2.45) is 11.8 Å². The molecule has 1 heterocycles. The van der Waals surface area contributed by atoms with Gasteiger partial charge in [0.15, 0.2) is 0 Å². The number of rotatable bonds is 3. The number of carboxylic acids is 1. The highest BCUT2D eigenvalue weighted by Gasteiger charge is 2.31. The van der Waals surface area contributed by atoms with Crippen molar-refractivity contribution in [3.05, 3.63) is 24.0 Å². The highest BCUT2D eigenvalue weighted by molar-refractivity contribution is 5.93. The van der Waals surface area contributed by atoms with Gasteiger partial charge in [0, 0.05) is 12.1 Å². The summed E-state index contributed by atoms with van der Waals surface area (Å²) in [5, 5.41) is 11.9. The van der Waals surface area contributed by atoms with Crippen molar-refractivity contribution >= 4 is 17.6 Å². The number of aliphatic carboxylic acids is 1. The third-order valence-electron chi connectivity index (χ3n) is 3.69. The summed E-state index contributed by atoms with van der Waals surface area (Å²) in [4.78, 5) is 27.1. The second kappa shape index (κ2) is 5.82. The van der Waals surface area contributed by atoms with Crippen LogP contribution in [0.2, 0.25) is 0 Å². The summed E-state index contributed by atoms with van der Waals surface area (Å²) in [5.41, 5.74) is 1.65. The van der Waals surface area contributed by atoms with Crippen molar-refractivity contribution in [3.8, 4) is 0 Å². The fraction of sp³-hybridized carbons (Fsp3) is 0.500. The lowest BCUT2D eigenvalue weighted by molar-refractivity contribution is -0.143. The van der Waals surface area contributed by atoms with Gasteiger partial charge in [0.05, 0.1) is 17.8 Å². The van der Waals surface area contributed by atoms with Gasteiger partial charge in [-0.15, -0.1) is 0 Å². The van der Waals surface area contributed by atoms with Crippen LogP contribution in [0.3, 0.4) is 0 Å². The molecule has 0 radical (unpaired) electrons. The number of carbonyl (C=O) groups excluding carboxylic acids is 1. The van der Waals surface area contributed by atoms with Gasteiger partial charge in [0.1, 0.15) is 0 Å². The van der Waals surface area contributed by atoms with E-state index in [0.29, 0.717) is 18.5 Å². The third-order valence-corrected chi connectivity index (χ3v) is 3.69. The van der Waals surface area contributed by atoms with E-state index in [2.05, 4.69) is 10.3 Å². The van der Waals surface area contributed by atoms with Crippen molar-refractivity contribution in [1.82, 2.24) is 4.98 Å². The Bertz CT molecular complexity index is 487. The number of aromatic nitrogens is 1. The molecule has 102 valence electrons. The molecule has 0 aliphatic heterocycles. The van der Waals surface area contributed by atoms with Crippen LogP contribution in [0.4, 0.5) is 5.69 Å². The molecule has 1 saturated carbocycles. The van der Waals surface area contributed by atoms with E-state index in [1.54, 1.807) is 12.4 Å². The predicted octanol–water partition coefficient (Wildman–Crippen LogP) is 2.22. The van der Waals surface area contributed by atoms with Gasteiger partial charge in [-0.3, -0.25) is 14.6 Å². The molecule has 1 aromatic rings. The van der Waals surface area contributed by atoms with Gasteiger partial charge in [0.2, 0.25) is 5.91 Å². The molecule has 1 aromatic heterocycles. The maximum absolute atomic E-state index is 12.2. The molecule has 5 nitrogen and oxygen atoms in total. The maximum Gasteiger partial charge on any atom is 0.306 e. The largest absolute Gasteiger partial charge is 0.481 e. The minimum Gasteiger partial charge on any atom is -0.481 e. The maximum atomic E-state index is 12.2. The number of nitrogens with one attached hydrogen (secondary N) is 1. The summed E-state index contributed by atoms with van der Waals surface area (Å²) < 4.78 is 0. The summed E-state index contributed by atoms with van der Waals surface area (Å²) in [7, 11) is 0. The van der Waals surface area contributed by atoms with Crippen molar-refractivity contribution in [2.75, 3.05) is 5.32 Å².